The second-order valence-corrected chi connectivity index (χ2v) is 4.96. The molecule has 0 saturated carbocycles. The Bertz CT molecular complexity index is 150. The lowest BCUT2D eigenvalue weighted by molar-refractivity contribution is 0.137. The molecule has 1 N–H and O–H groups in total. The van der Waals surface area contributed by atoms with Gasteiger partial charge in [0.2, 0.25) is 0 Å². The van der Waals surface area contributed by atoms with Gasteiger partial charge in [-0.3, -0.25) is 0 Å². The molecular formula is C12H26N2. The number of piperidine rings is 1. The average molecular weight is 198 g/mol. The van der Waals surface area contributed by atoms with Crippen LogP contribution in [0.2, 0.25) is 0 Å². The topological polar surface area (TPSA) is 15.3 Å². The van der Waals surface area contributed by atoms with Crippen LogP contribution in [0.5, 0.6) is 0 Å². The Hall–Kier alpha value is -0.0800. The summed E-state index contributed by atoms with van der Waals surface area (Å²) in [4.78, 5) is 2.59. The molecule has 0 radical (unpaired) electrons. The summed E-state index contributed by atoms with van der Waals surface area (Å²) in [5, 5.41) is 3.52. The number of hydrogen-bond acceptors (Lipinski definition) is 2. The lowest BCUT2D eigenvalue weighted by Gasteiger charge is -2.38. The van der Waals surface area contributed by atoms with Gasteiger partial charge >= 0.3 is 0 Å². The molecule has 0 aromatic heterocycles. The molecule has 14 heavy (non-hydrogen) atoms. The van der Waals surface area contributed by atoms with E-state index in [0.29, 0.717) is 5.41 Å². The van der Waals surface area contributed by atoms with Gasteiger partial charge in [0.1, 0.15) is 0 Å². The van der Waals surface area contributed by atoms with Crippen LogP contribution in [-0.2, 0) is 0 Å². The van der Waals surface area contributed by atoms with Gasteiger partial charge in [-0.15, -0.1) is 0 Å². The molecular weight excluding hydrogens is 172 g/mol. The van der Waals surface area contributed by atoms with Gasteiger partial charge in [0.25, 0.3) is 0 Å². The minimum absolute atomic E-state index is 0.517. The third-order valence-corrected chi connectivity index (χ3v) is 3.28. The summed E-state index contributed by atoms with van der Waals surface area (Å²) in [6.45, 7) is 13.1. The van der Waals surface area contributed by atoms with Crippen molar-refractivity contribution in [2.75, 3.05) is 32.7 Å². The van der Waals surface area contributed by atoms with Crippen LogP contribution in [0, 0.1) is 5.41 Å². The van der Waals surface area contributed by atoms with E-state index in [9.17, 15) is 0 Å². The minimum Gasteiger partial charge on any atom is -0.316 e. The zero-order valence-electron chi connectivity index (χ0n) is 10.1. The van der Waals surface area contributed by atoms with Crippen LogP contribution in [-0.4, -0.2) is 37.6 Å². The Morgan fingerprint density at radius 3 is 2.64 bits per heavy atom. The summed E-state index contributed by atoms with van der Waals surface area (Å²) in [6.07, 6.45) is 4.01. The number of nitrogens with one attached hydrogen (secondary N) is 1. The molecule has 0 spiro atoms. The SMILES string of the molecule is CCCN(CC)CC1(C)CCCNC1. The predicted molar refractivity (Wildman–Crippen MR) is 62.6 cm³/mol. The van der Waals surface area contributed by atoms with E-state index in [-0.39, 0.29) is 0 Å². The Kier molecular flexibility index (Phi) is 4.90. The van der Waals surface area contributed by atoms with Gasteiger partial charge in [0.15, 0.2) is 0 Å². The molecule has 0 amide bonds. The van der Waals surface area contributed by atoms with Crippen LogP contribution >= 0.6 is 0 Å². The molecule has 84 valence electrons. The van der Waals surface area contributed by atoms with E-state index in [2.05, 4.69) is 31.0 Å². The van der Waals surface area contributed by atoms with E-state index in [1.807, 2.05) is 0 Å². The molecule has 0 aromatic rings. The summed E-state index contributed by atoms with van der Waals surface area (Å²) >= 11 is 0. The predicted octanol–water partition coefficient (Wildman–Crippen LogP) is 2.11. The Morgan fingerprint density at radius 2 is 2.14 bits per heavy atom. The molecule has 1 heterocycles. The Balaban J connectivity index is 2.38. The molecule has 0 bridgehead atoms. The molecule has 1 aliphatic heterocycles. The van der Waals surface area contributed by atoms with E-state index >= 15 is 0 Å². The highest BCUT2D eigenvalue weighted by atomic mass is 15.1. The fourth-order valence-corrected chi connectivity index (χ4v) is 2.46. The van der Waals surface area contributed by atoms with Gasteiger partial charge in [-0.2, -0.15) is 0 Å². The smallest absolute Gasteiger partial charge is 0.00474 e. The summed E-state index contributed by atoms with van der Waals surface area (Å²) in [7, 11) is 0. The first kappa shape index (κ1) is 12.0. The van der Waals surface area contributed by atoms with Crippen LogP contribution in [0.4, 0.5) is 0 Å². The van der Waals surface area contributed by atoms with Crippen molar-refractivity contribution in [3.8, 4) is 0 Å². The van der Waals surface area contributed by atoms with E-state index < -0.39 is 0 Å². The maximum Gasteiger partial charge on any atom is 0.00474 e. The molecule has 0 aliphatic carbocycles. The second kappa shape index (κ2) is 5.72. The van der Waals surface area contributed by atoms with E-state index in [4.69, 9.17) is 0 Å². The fraction of sp³-hybridized carbons (Fsp3) is 1.00. The average Bonchev–Trinajstić information content (AvgIpc) is 2.18. The highest BCUT2D eigenvalue weighted by molar-refractivity contribution is 4.84. The van der Waals surface area contributed by atoms with Gasteiger partial charge < -0.3 is 10.2 Å². The zero-order chi connectivity index (χ0) is 10.4. The maximum atomic E-state index is 3.52. The molecule has 1 rings (SSSR count). The first-order chi connectivity index (χ1) is 6.70. The highest BCUT2D eigenvalue weighted by Crippen LogP contribution is 2.26. The normalized spacial score (nSPS) is 28.3. The van der Waals surface area contributed by atoms with Gasteiger partial charge in [0, 0.05) is 13.1 Å². The number of rotatable bonds is 5. The first-order valence-electron chi connectivity index (χ1n) is 6.13. The Morgan fingerprint density at radius 1 is 1.36 bits per heavy atom. The summed E-state index contributed by atoms with van der Waals surface area (Å²) in [5.74, 6) is 0. The lowest BCUT2D eigenvalue weighted by Crippen LogP contribution is -2.46. The van der Waals surface area contributed by atoms with Crippen LogP contribution in [0.1, 0.15) is 40.0 Å². The van der Waals surface area contributed by atoms with Crippen molar-refractivity contribution in [3.63, 3.8) is 0 Å². The van der Waals surface area contributed by atoms with Crippen molar-refractivity contribution >= 4 is 0 Å². The molecule has 2 heteroatoms. The third-order valence-electron chi connectivity index (χ3n) is 3.28. The fourth-order valence-electron chi connectivity index (χ4n) is 2.46. The molecule has 0 aromatic carbocycles. The minimum atomic E-state index is 0.517. The van der Waals surface area contributed by atoms with Crippen molar-refractivity contribution in [2.45, 2.75) is 40.0 Å². The number of nitrogens with zero attached hydrogens (tertiary/aromatic N) is 1. The van der Waals surface area contributed by atoms with Crippen LogP contribution in [0.25, 0.3) is 0 Å². The summed E-state index contributed by atoms with van der Waals surface area (Å²) in [6, 6.07) is 0. The standard InChI is InChI=1S/C12H26N2/c1-4-9-14(5-2)11-12(3)7-6-8-13-10-12/h13H,4-11H2,1-3H3. The van der Waals surface area contributed by atoms with Crippen LogP contribution in [0.3, 0.4) is 0 Å². The van der Waals surface area contributed by atoms with E-state index in [1.165, 1.54) is 52.0 Å². The van der Waals surface area contributed by atoms with Gasteiger partial charge in [-0.1, -0.05) is 20.8 Å². The van der Waals surface area contributed by atoms with Gasteiger partial charge in [-0.05, 0) is 44.3 Å². The highest BCUT2D eigenvalue weighted by Gasteiger charge is 2.28. The molecule has 1 atom stereocenters. The molecule has 1 saturated heterocycles. The van der Waals surface area contributed by atoms with Gasteiger partial charge in [0.05, 0.1) is 0 Å². The van der Waals surface area contributed by atoms with Crippen molar-refractivity contribution in [1.82, 2.24) is 10.2 Å². The van der Waals surface area contributed by atoms with Crippen LogP contribution in [0.15, 0.2) is 0 Å². The van der Waals surface area contributed by atoms with Crippen molar-refractivity contribution in [1.29, 1.82) is 0 Å². The van der Waals surface area contributed by atoms with Crippen molar-refractivity contribution in [2.24, 2.45) is 5.41 Å². The van der Waals surface area contributed by atoms with Crippen molar-refractivity contribution < 1.29 is 0 Å². The molecule has 1 unspecified atom stereocenters. The Labute approximate surface area is 89.1 Å². The monoisotopic (exact) mass is 198 g/mol. The lowest BCUT2D eigenvalue weighted by atomic mass is 9.82. The quantitative estimate of drug-likeness (QED) is 0.728. The molecule has 2 nitrogen and oxygen atoms in total. The van der Waals surface area contributed by atoms with E-state index in [0.717, 1.165) is 0 Å². The number of hydrogen-bond donors (Lipinski definition) is 1. The maximum absolute atomic E-state index is 3.52. The van der Waals surface area contributed by atoms with E-state index in [1.54, 1.807) is 0 Å². The largest absolute Gasteiger partial charge is 0.316 e. The summed E-state index contributed by atoms with van der Waals surface area (Å²) < 4.78 is 0. The van der Waals surface area contributed by atoms with Crippen LogP contribution < -0.4 is 5.32 Å². The molecule has 1 fully saturated rings. The third kappa shape index (κ3) is 3.58. The molecule has 1 aliphatic rings. The van der Waals surface area contributed by atoms with Crippen molar-refractivity contribution in [3.05, 3.63) is 0 Å². The second-order valence-electron chi connectivity index (χ2n) is 4.96. The van der Waals surface area contributed by atoms with Gasteiger partial charge in [-0.25, -0.2) is 0 Å². The first-order valence-corrected chi connectivity index (χ1v) is 6.13. The zero-order valence-corrected chi connectivity index (χ0v) is 10.1. The summed E-state index contributed by atoms with van der Waals surface area (Å²) in [5.41, 5.74) is 0.517.